The topological polar surface area (TPSA) is 91.9 Å². The van der Waals surface area contributed by atoms with E-state index in [1.54, 1.807) is 36.4 Å². The second kappa shape index (κ2) is 6.43. The maximum Gasteiger partial charge on any atom is 0.337 e. The minimum absolute atomic E-state index is 0.0715. The molecule has 0 bridgehead atoms. The third-order valence-electron chi connectivity index (χ3n) is 2.87. The van der Waals surface area contributed by atoms with Gasteiger partial charge in [0.05, 0.1) is 16.2 Å². The number of carbonyl (C=O) groups excluding carboxylic acids is 1. The first kappa shape index (κ1) is 15.6. The highest BCUT2D eigenvalue weighted by Gasteiger charge is 2.24. The van der Waals surface area contributed by atoms with Gasteiger partial charge in [-0.05, 0) is 52.0 Å². The number of aromatic carboxylic acids is 1. The van der Waals surface area contributed by atoms with E-state index in [1.165, 1.54) is 6.07 Å². The monoisotopic (exact) mass is 392 g/mol. The molecule has 0 radical (unpaired) electrons. The van der Waals surface area contributed by atoms with E-state index in [0.29, 0.717) is 20.5 Å². The molecule has 1 fully saturated rings. The summed E-state index contributed by atoms with van der Waals surface area (Å²) in [5.41, 5.74) is 0.354. The van der Waals surface area contributed by atoms with E-state index in [9.17, 15) is 9.59 Å². The molecule has 1 saturated heterocycles. The standard InChI is InChI=1S/C15H9BrN2O4S/c16-12-6-5-8(22-12)7-11-13(19)18-15(23-11)17-10-4-2-1-3-9(10)14(20)21/h1-7H,(H,20,21)(H,17,18,19). The summed E-state index contributed by atoms with van der Waals surface area (Å²) >= 11 is 4.31. The van der Waals surface area contributed by atoms with Crippen LogP contribution >= 0.6 is 27.7 Å². The first-order valence-corrected chi connectivity index (χ1v) is 8.01. The normalized spacial score (nSPS) is 17.7. The van der Waals surface area contributed by atoms with Gasteiger partial charge in [0.25, 0.3) is 5.91 Å². The number of nitrogens with zero attached hydrogens (tertiary/aromatic N) is 1. The number of carboxylic acid groups (broad SMARTS) is 1. The Labute approximate surface area is 143 Å². The van der Waals surface area contributed by atoms with E-state index < -0.39 is 5.97 Å². The molecule has 0 atom stereocenters. The maximum atomic E-state index is 12.0. The highest BCUT2D eigenvalue weighted by molar-refractivity contribution is 9.10. The average molecular weight is 393 g/mol. The average Bonchev–Trinajstić information content (AvgIpc) is 3.06. The van der Waals surface area contributed by atoms with Crippen LogP contribution in [-0.4, -0.2) is 22.2 Å². The Bertz CT molecular complexity index is 857. The molecule has 6 nitrogen and oxygen atoms in total. The lowest BCUT2D eigenvalue weighted by Gasteiger charge is -2.00. The number of rotatable bonds is 3. The van der Waals surface area contributed by atoms with E-state index in [-0.39, 0.29) is 17.2 Å². The molecule has 2 aromatic rings. The quantitative estimate of drug-likeness (QED) is 0.777. The summed E-state index contributed by atoms with van der Waals surface area (Å²) < 4.78 is 5.89. The zero-order chi connectivity index (χ0) is 16.4. The lowest BCUT2D eigenvalue weighted by atomic mass is 10.2. The first-order chi connectivity index (χ1) is 11.0. The van der Waals surface area contributed by atoms with Crippen molar-refractivity contribution in [3.8, 4) is 0 Å². The second-order valence-corrected chi connectivity index (χ2v) is 6.26. The number of carbonyl (C=O) groups is 2. The van der Waals surface area contributed by atoms with E-state index in [0.717, 1.165) is 11.8 Å². The number of aliphatic imine (C=N–C) groups is 1. The van der Waals surface area contributed by atoms with Crippen molar-refractivity contribution < 1.29 is 19.1 Å². The zero-order valence-corrected chi connectivity index (χ0v) is 13.8. The Morgan fingerprint density at radius 1 is 1.30 bits per heavy atom. The van der Waals surface area contributed by atoms with Crippen LogP contribution in [0.3, 0.4) is 0 Å². The molecule has 0 unspecified atom stereocenters. The molecule has 2 N–H and O–H groups in total. The fourth-order valence-electron chi connectivity index (χ4n) is 1.88. The number of thioether (sulfide) groups is 1. The van der Waals surface area contributed by atoms with E-state index in [2.05, 4.69) is 26.2 Å². The number of amidine groups is 1. The smallest absolute Gasteiger partial charge is 0.337 e. The van der Waals surface area contributed by atoms with Crippen molar-refractivity contribution in [2.45, 2.75) is 0 Å². The Balaban J connectivity index is 1.88. The minimum Gasteiger partial charge on any atom is -0.478 e. The van der Waals surface area contributed by atoms with Crippen molar-refractivity contribution in [3.05, 3.63) is 57.3 Å². The van der Waals surface area contributed by atoms with Crippen molar-refractivity contribution >= 4 is 56.5 Å². The number of amides is 1. The maximum absolute atomic E-state index is 12.0. The summed E-state index contributed by atoms with van der Waals surface area (Å²) in [5.74, 6) is -0.855. The molecule has 8 heteroatoms. The number of hydrogen-bond acceptors (Lipinski definition) is 5. The Morgan fingerprint density at radius 3 is 2.78 bits per heavy atom. The van der Waals surface area contributed by atoms with E-state index >= 15 is 0 Å². The molecule has 1 aliphatic rings. The molecule has 0 spiro atoms. The Morgan fingerprint density at radius 2 is 2.09 bits per heavy atom. The minimum atomic E-state index is -1.07. The van der Waals surface area contributed by atoms with Gasteiger partial charge < -0.3 is 14.8 Å². The second-order valence-electron chi connectivity index (χ2n) is 4.45. The van der Waals surface area contributed by atoms with Crippen LogP contribution in [0.25, 0.3) is 6.08 Å². The third kappa shape index (κ3) is 3.54. The lowest BCUT2D eigenvalue weighted by Crippen LogP contribution is -2.19. The molecule has 1 amide bonds. The van der Waals surface area contributed by atoms with Crippen LogP contribution in [0, 0.1) is 0 Å². The molecule has 3 rings (SSSR count). The zero-order valence-electron chi connectivity index (χ0n) is 11.4. The van der Waals surface area contributed by atoms with Crippen molar-refractivity contribution in [1.82, 2.24) is 5.32 Å². The molecule has 1 aromatic heterocycles. The van der Waals surface area contributed by atoms with Gasteiger partial charge in [-0.25, -0.2) is 9.79 Å². The first-order valence-electron chi connectivity index (χ1n) is 6.40. The van der Waals surface area contributed by atoms with Crippen molar-refractivity contribution in [2.24, 2.45) is 4.99 Å². The van der Waals surface area contributed by atoms with Crippen LogP contribution < -0.4 is 5.32 Å². The number of nitrogens with one attached hydrogen (secondary N) is 1. The van der Waals surface area contributed by atoms with Crippen molar-refractivity contribution in [2.75, 3.05) is 0 Å². The van der Waals surface area contributed by atoms with Crippen LogP contribution in [0.15, 0.2) is 55.4 Å². The van der Waals surface area contributed by atoms with Gasteiger partial charge in [0.2, 0.25) is 0 Å². The summed E-state index contributed by atoms with van der Waals surface area (Å²) in [6.07, 6.45) is 1.59. The molecule has 0 saturated carbocycles. The van der Waals surface area contributed by atoms with Crippen LogP contribution in [-0.2, 0) is 4.79 Å². The lowest BCUT2D eigenvalue weighted by molar-refractivity contribution is -0.115. The summed E-state index contributed by atoms with van der Waals surface area (Å²) in [5, 5.41) is 12.1. The van der Waals surface area contributed by atoms with Gasteiger partial charge in [-0.2, -0.15) is 0 Å². The van der Waals surface area contributed by atoms with Crippen LogP contribution in [0.2, 0.25) is 0 Å². The SMILES string of the molecule is O=C1NC(=Nc2ccccc2C(=O)O)SC1=Cc1ccc(Br)o1. The van der Waals surface area contributed by atoms with E-state index in [4.69, 9.17) is 9.52 Å². The molecular weight excluding hydrogens is 384 g/mol. The van der Waals surface area contributed by atoms with Gasteiger partial charge in [0, 0.05) is 6.08 Å². The summed E-state index contributed by atoms with van der Waals surface area (Å²) in [4.78, 5) is 27.8. The fraction of sp³-hybridized carbons (Fsp3) is 0. The fourth-order valence-corrected chi connectivity index (χ4v) is 3.01. The number of hydrogen-bond donors (Lipinski definition) is 2. The largest absolute Gasteiger partial charge is 0.478 e. The number of furan rings is 1. The van der Waals surface area contributed by atoms with Crippen molar-refractivity contribution in [1.29, 1.82) is 0 Å². The van der Waals surface area contributed by atoms with Crippen LogP contribution in [0.1, 0.15) is 16.1 Å². The molecule has 2 heterocycles. The number of carboxylic acids is 1. The highest BCUT2D eigenvalue weighted by atomic mass is 79.9. The highest BCUT2D eigenvalue weighted by Crippen LogP contribution is 2.30. The van der Waals surface area contributed by atoms with Crippen molar-refractivity contribution in [3.63, 3.8) is 0 Å². The summed E-state index contributed by atoms with van der Waals surface area (Å²) in [6.45, 7) is 0. The predicted molar refractivity (Wildman–Crippen MR) is 90.6 cm³/mol. The summed E-state index contributed by atoms with van der Waals surface area (Å²) in [6, 6.07) is 9.79. The number of benzene rings is 1. The Kier molecular flexibility index (Phi) is 4.35. The van der Waals surface area contributed by atoms with Gasteiger partial charge in [0.15, 0.2) is 9.84 Å². The number of halogens is 1. The molecule has 116 valence electrons. The van der Waals surface area contributed by atoms with Gasteiger partial charge in [-0.3, -0.25) is 4.79 Å². The van der Waals surface area contributed by atoms with Crippen LogP contribution in [0.5, 0.6) is 0 Å². The van der Waals surface area contributed by atoms with Gasteiger partial charge >= 0.3 is 5.97 Å². The molecule has 23 heavy (non-hydrogen) atoms. The molecular formula is C15H9BrN2O4S. The Hall–Kier alpha value is -2.32. The van der Waals surface area contributed by atoms with Gasteiger partial charge in [-0.15, -0.1) is 0 Å². The molecule has 1 aromatic carbocycles. The molecule has 1 aliphatic heterocycles. The number of para-hydroxylation sites is 1. The molecule has 0 aliphatic carbocycles. The van der Waals surface area contributed by atoms with E-state index in [1.807, 2.05) is 0 Å². The third-order valence-corrected chi connectivity index (χ3v) is 4.21. The van der Waals surface area contributed by atoms with Crippen LogP contribution in [0.4, 0.5) is 5.69 Å². The van der Waals surface area contributed by atoms with Gasteiger partial charge in [0.1, 0.15) is 5.76 Å². The summed E-state index contributed by atoms with van der Waals surface area (Å²) in [7, 11) is 0. The predicted octanol–water partition coefficient (Wildman–Crippen LogP) is 3.63. The van der Waals surface area contributed by atoms with Gasteiger partial charge in [-0.1, -0.05) is 12.1 Å².